The highest BCUT2D eigenvalue weighted by Gasteiger charge is 2.19. The van der Waals surface area contributed by atoms with E-state index in [-0.39, 0.29) is 0 Å². The van der Waals surface area contributed by atoms with Crippen LogP contribution >= 0.6 is 0 Å². The van der Waals surface area contributed by atoms with Gasteiger partial charge in [0.2, 0.25) is 0 Å². The van der Waals surface area contributed by atoms with E-state index in [0.717, 1.165) is 77.4 Å². The Bertz CT molecular complexity index is 1240. The first-order valence-corrected chi connectivity index (χ1v) is 10.8. The van der Waals surface area contributed by atoms with Crippen LogP contribution in [0.25, 0.3) is 38.9 Å². The van der Waals surface area contributed by atoms with Gasteiger partial charge in [0.25, 0.3) is 0 Å². The van der Waals surface area contributed by atoms with Gasteiger partial charge in [0.15, 0.2) is 0 Å². The lowest BCUT2D eigenvalue weighted by molar-refractivity contribution is 0.575. The zero-order chi connectivity index (χ0) is 19.9. The number of anilines is 1. The lowest BCUT2D eigenvalue weighted by Gasteiger charge is -2.28. The normalized spacial score (nSPS) is 17.6. The van der Waals surface area contributed by atoms with Crippen LogP contribution in [-0.4, -0.2) is 51.3 Å². The number of rotatable bonds is 3. The van der Waals surface area contributed by atoms with Crippen molar-refractivity contribution in [3.05, 3.63) is 42.2 Å². The summed E-state index contributed by atoms with van der Waals surface area (Å²) in [5.74, 6) is 1.07. The van der Waals surface area contributed by atoms with Crippen LogP contribution < -0.4 is 10.2 Å². The molecule has 0 spiro atoms. The average molecular weight is 400 g/mol. The van der Waals surface area contributed by atoms with Gasteiger partial charge in [-0.3, -0.25) is 5.10 Å². The summed E-state index contributed by atoms with van der Waals surface area (Å²) >= 11 is 0. The maximum absolute atomic E-state index is 4.98. The zero-order valence-corrected chi connectivity index (χ0v) is 16.9. The summed E-state index contributed by atoms with van der Waals surface area (Å²) in [6, 6.07) is 8.39. The van der Waals surface area contributed by atoms with Crippen molar-refractivity contribution in [2.45, 2.75) is 25.7 Å². The molecular formula is C23H25N7. The number of hydrogen-bond acceptors (Lipinski definition) is 5. The molecule has 6 heterocycles. The third-order valence-electron chi connectivity index (χ3n) is 6.24. The molecule has 6 rings (SSSR count). The molecule has 0 bridgehead atoms. The van der Waals surface area contributed by atoms with E-state index in [1.165, 1.54) is 24.8 Å². The number of nitrogens with one attached hydrogen (secondary N) is 3. The molecule has 0 radical (unpaired) electrons. The Hall–Kier alpha value is -3.19. The van der Waals surface area contributed by atoms with Crippen molar-refractivity contribution in [3.8, 4) is 11.4 Å². The Morgan fingerprint density at radius 2 is 1.93 bits per heavy atom. The molecule has 0 aliphatic carbocycles. The van der Waals surface area contributed by atoms with E-state index in [9.17, 15) is 0 Å². The monoisotopic (exact) mass is 399 g/mol. The predicted molar refractivity (Wildman–Crippen MR) is 121 cm³/mol. The molecule has 4 aromatic heterocycles. The Labute approximate surface area is 174 Å². The summed E-state index contributed by atoms with van der Waals surface area (Å²) < 4.78 is 0. The van der Waals surface area contributed by atoms with Crippen LogP contribution in [0.5, 0.6) is 0 Å². The molecule has 7 nitrogen and oxygen atoms in total. The van der Waals surface area contributed by atoms with Crippen molar-refractivity contribution in [2.75, 3.05) is 31.1 Å². The molecule has 0 amide bonds. The summed E-state index contributed by atoms with van der Waals surface area (Å²) in [5, 5.41) is 12.3. The van der Waals surface area contributed by atoms with E-state index in [4.69, 9.17) is 9.97 Å². The molecule has 7 heteroatoms. The average Bonchev–Trinajstić information content (AvgIpc) is 3.43. The largest absolute Gasteiger partial charge is 0.356 e. The van der Waals surface area contributed by atoms with E-state index in [2.05, 4.69) is 49.7 Å². The number of pyridine rings is 2. The predicted octanol–water partition coefficient (Wildman–Crippen LogP) is 3.87. The van der Waals surface area contributed by atoms with Crippen LogP contribution in [0.1, 0.15) is 31.4 Å². The maximum Gasteiger partial charge on any atom is 0.137 e. The molecule has 0 atom stereocenters. The summed E-state index contributed by atoms with van der Waals surface area (Å²) in [4.78, 5) is 15.7. The van der Waals surface area contributed by atoms with E-state index in [1.54, 1.807) is 0 Å². The fourth-order valence-electron chi connectivity index (χ4n) is 4.65. The Morgan fingerprint density at radius 1 is 1.00 bits per heavy atom. The molecule has 152 valence electrons. The number of aromatic amines is 2. The van der Waals surface area contributed by atoms with Crippen LogP contribution in [-0.2, 0) is 0 Å². The van der Waals surface area contributed by atoms with Crippen molar-refractivity contribution < 1.29 is 0 Å². The number of fused-ring (bicyclic) bond motifs is 2. The van der Waals surface area contributed by atoms with Gasteiger partial charge in [-0.1, -0.05) is 6.08 Å². The van der Waals surface area contributed by atoms with Crippen LogP contribution in [0.15, 0.2) is 36.5 Å². The Kier molecular flexibility index (Phi) is 4.27. The van der Waals surface area contributed by atoms with Gasteiger partial charge in [-0.15, -0.1) is 0 Å². The minimum atomic E-state index is 0.863. The second kappa shape index (κ2) is 7.25. The summed E-state index contributed by atoms with van der Waals surface area (Å²) in [5.41, 5.74) is 7.14. The molecule has 1 saturated heterocycles. The molecule has 2 aliphatic heterocycles. The first-order valence-electron chi connectivity index (χ1n) is 10.8. The highest BCUT2D eigenvalue weighted by molar-refractivity contribution is 5.98. The first kappa shape index (κ1) is 17.7. The molecule has 0 aromatic carbocycles. The van der Waals surface area contributed by atoms with Gasteiger partial charge in [-0.2, -0.15) is 5.10 Å². The van der Waals surface area contributed by atoms with Gasteiger partial charge in [0.1, 0.15) is 17.0 Å². The highest BCUT2D eigenvalue weighted by atomic mass is 15.2. The van der Waals surface area contributed by atoms with Gasteiger partial charge in [-0.05, 0) is 62.1 Å². The minimum absolute atomic E-state index is 0.863. The van der Waals surface area contributed by atoms with Gasteiger partial charge in [-0.25, -0.2) is 9.97 Å². The summed E-state index contributed by atoms with van der Waals surface area (Å²) in [6.07, 6.45) is 8.91. The SMILES string of the molecule is C1=C(c2ccc3[nH]nc(-c4cc5c(N6CCCCC6)nccc5[nH]4)c3n2)CCNC1. The van der Waals surface area contributed by atoms with Crippen LogP contribution in [0.4, 0.5) is 5.82 Å². The minimum Gasteiger partial charge on any atom is -0.356 e. The zero-order valence-electron chi connectivity index (χ0n) is 16.9. The highest BCUT2D eigenvalue weighted by Crippen LogP contribution is 2.33. The van der Waals surface area contributed by atoms with Gasteiger partial charge in [0, 0.05) is 31.2 Å². The van der Waals surface area contributed by atoms with Crippen LogP contribution in [0.3, 0.4) is 0 Å². The lowest BCUT2D eigenvalue weighted by Crippen LogP contribution is -2.30. The smallest absolute Gasteiger partial charge is 0.137 e. The van der Waals surface area contributed by atoms with Crippen LogP contribution in [0.2, 0.25) is 0 Å². The summed E-state index contributed by atoms with van der Waals surface area (Å²) in [7, 11) is 0. The van der Waals surface area contributed by atoms with Crippen molar-refractivity contribution in [1.82, 2.24) is 30.5 Å². The number of hydrogen-bond donors (Lipinski definition) is 3. The fraction of sp³-hybridized carbons (Fsp3) is 0.348. The molecule has 4 aromatic rings. The maximum atomic E-state index is 4.98. The lowest BCUT2D eigenvalue weighted by atomic mass is 10.0. The van der Waals surface area contributed by atoms with Crippen molar-refractivity contribution >= 4 is 33.3 Å². The van der Waals surface area contributed by atoms with E-state index >= 15 is 0 Å². The van der Waals surface area contributed by atoms with Gasteiger partial charge >= 0.3 is 0 Å². The quantitative estimate of drug-likeness (QED) is 0.487. The number of piperidine rings is 1. The Morgan fingerprint density at radius 3 is 2.80 bits per heavy atom. The second-order valence-corrected chi connectivity index (χ2v) is 8.17. The number of H-pyrrole nitrogens is 2. The molecule has 0 saturated carbocycles. The van der Waals surface area contributed by atoms with E-state index < -0.39 is 0 Å². The van der Waals surface area contributed by atoms with E-state index in [1.807, 2.05) is 12.3 Å². The molecule has 1 fully saturated rings. The van der Waals surface area contributed by atoms with Crippen LogP contribution in [0, 0.1) is 0 Å². The summed E-state index contributed by atoms with van der Waals surface area (Å²) in [6.45, 7) is 4.05. The molecule has 30 heavy (non-hydrogen) atoms. The Balaban J connectivity index is 1.44. The standard InChI is InChI=1S/C23H25N7/c1-2-12-30(13-3-1)23-16-14-20(26-18(16)8-11-25-23)22-21-19(28-29-22)5-4-17(27-21)15-6-9-24-10-7-15/h4-6,8,11,14,24,26H,1-3,7,9-10,12-13H2,(H,28,29). The van der Waals surface area contributed by atoms with Crippen molar-refractivity contribution in [2.24, 2.45) is 0 Å². The van der Waals surface area contributed by atoms with Gasteiger partial charge in [0.05, 0.1) is 22.4 Å². The van der Waals surface area contributed by atoms with Crippen molar-refractivity contribution in [1.29, 1.82) is 0 Å². The first-order chi connectivity index (χ1) is 14.9. The van der Waals surface area contributed by atoms with Gasteiger partial charge < -0.3 is 15.2 Å². The molecule has 3 N–H and O–H groups in total. The third-order valence-corrected chi connectivity index (χ3v) is 6.24. The second-order valence-electron chi connectivity index (χ2n) is 8.17. The topological polar surface area (TPSA) is 85.5 Å². The fourth-order valence-corrected chi connectivity index (χ4v) is 4.65. The number of nitrogens with zero attached hydrogens (tertiary/aromatic N) is 4. The third kappa shape index (κ3) is 2.97. The molecular weight excluding hydrogens is 374 g/mol. The van der Waals surface area contributed by atoms with E-state index in [0.29, 0.717) is 0 Å². The molecule has 0 unspecified atom stereocenters. The van der Waals surface area contributed by atoms with Crippen molar-refractivity contribution in [3.63, 3.8) is 0 Å². The number of aromatic nitrogens is 5. The molecule has 2 aliphatic rings.